The highest BCUT2D eigenvalue weighted by Gasteiger charge is 2.31. The summed E-state index contributed by atoms with van der Waals surface area (Å²) in [7, 11) is 0. The van der Waals surface area contributed by atoms with E-state index in [-0.39, 0.29) is 5.75 Å². The smallest absolute Gasteiger partial charge is 0.406 e. The normalized spacial score (nSPS) is 14.8. The summed E-state index contributed by atoms with van der Waals surface area (Å²) in [4.78, 5) is 3.01. The Labute approximate surface area is 112 Å². The molecule has 0 amide bonds. The molecule has 0 aliphatic carbocycles. The molecule has 0 radical (unpaired) electrons. The van der Waals surface area contributed by atoms with Crippen LogP contribution in [-0.4, -0.2) is 30.8 Å². The van der Waals surface area contributed by atoms with E-state index in [4.69, 9.17) is 0 Å². The van der Waals surface area contributed by atoms with Crippen LogP contribution in [0.2, 0.25) is 0 Å². The fourth-order valence-electron chi connectivity index (χ4n) is 1.67. The van der Waals surface area contributed by atoms with Gasteiger partial charge in [-0.25, -0.2) is 0 Å². The molecule has 100 valence electrons. The average Bonchev–Trinajstić information content (AvgIpc) is 2.66. The number of benzene rings is 1. The molecule has 7 heteroatoms. The maximum absolute atomic E-state index is 12.1. The lowest BCUT2D eigenvalue weighted by molar-refractivity contribution is -0.274. The number of thioether (sulfide) groups is 2. The molecular formula is C11H12F3NOS2. The summed E-state index contributed by atoms with van der Waals surface area (Å²) in [5.41, 5.74) is 0.989. The van der Waals surface area contributed by atoms with Crippen molar-refractivity contribution in [3.63, 3.8) is 0 Å². The van der Waals surface area contributed by atoms with Crippen molar-refractivity contribution >= 4 is 29.2 Å². The quantitative estimate of drug-likeness (QED) is 0.837. The van der Waals surface area contributed by atoms with E-state index in [1.807, 2.05) is 6.26 Å². The van der Waals surface area contributed by atoms with E-state index in [0.29, 0.717) is 0 Å². The van der Waals surface area contributed by atoms with Crippen molar-refractivity contribution in [2.24, 2.45) is 0 Å². The summed E-state index contributed by atoms with van der Waals surface area (Å²) in [6, 6.07) is 4.51. The largest absolute Gasteiger partial charge is 0.573 e. The first-order chi connectivity index (χ1) is 8.49. The van der Waals surface area contributed by atoms with Crippen molar-refractivity contribution in [2.75, 3.05) is 29.3 Å². The van der Waals surface area contributed by atoms with Gasteiger partial charge in [0, 0.05) is 17.2 Å². The third kappa shape index (κ3) is 3.41. The highest BCUT2D eigenvalue weighted by atomic mass is 32.2. The zero-order valence-corrected chi connectivity index (χ0v) is 11.3. The van der Waals surface area contributed by atoms with E-state index in [9.17, 15) is 13.2 Å². The molecule has 0 N–H and O–H groups in total. The number of anilines is 1. The Kier molecular flexibility index (Phi) is 4.21. The molecule has 2 rings (SSSR count). The van der Waals surface area contributed by atoms with Crippen LogP contribution in [0.3, 0.4) is 0 Å². The Bertz CT molecular complexity index is 425. The van der Waals surface area contributed by atoms with E-state index >= 15 is 0 Å². The van der Waals surface area contributed by atoms with Crippen LogP contribution in [0.4, 0.5) is 18.9 Å². The second-order valence-corrected chi connectivity index (χ2v) is 5.68. The molecule has 1 aliphatic rings. The van der Waals surface area contributed by atoms with Crippen molar-refractivity contribution in [3.8, 4) is 5.75 Å². The van der Waals surface area contributed by atoms with Gasteiger partial charge < -0.3 is 9.64 Å². The van der Waals surface area contributed by atoms with Gasteiger partial charge >= 0.3 is 6.36 Å². The van der Waals surface area contributed by atoms with Gasteiger partial charge in [-0.05, 0) is 24.5 Å². The molecule has 1 aromatic rings. The zero-order chi connectivity index (χ0) is 13.2. The van der Waals surface area contributed by atoms with Gasteiger partial charge in [0.1, 0.15) is 5.75 Å². The highest BCUT2D eigenvalue weighted by Crippen LogP contribution is 2.41. The summed E-state index contributed by atoms with van der Waals surface area (Å²) in [6.45, 7) is 0.903. The van der Waals surface area contributed by atoms with Crippen LogP contribution in [0.1, 0.15) is 0 Å². The molecule has 0 atom stereocenters. The molecule has 0 bridgehead atoms. The van der Waals surface area contributed by atoms with Gasteiger partial charge in [-0.1, -0.05) is 0 Å². The fourth-order valence-corrected chi connectivity index (χ4v) is 3.18. The minimum Gasteiger partial charge on any atom is -0.406 e. The molecule has 0 saturated heterocycles. The van der Waals surface area contributed by atoms with E-state index in [2.05, 4.69) is 9.64 Å². The summed E-state index contributed by atoms with van der Waals surface area (Å²) < 4.78 is 40.2. The lowest BCUT2D eigenvalue weighted by Crippen LogP contribution is -2.22. The van der Waals surface area contributed by atoms with Crippen LogP contribution >= 0.6 is 23.5 Å². The summed E-state index contributed by atoms with van der Waals surface area (Å²) in [5.74, 6) is 1.63. The predicted molar refractivity (Wildman–Crippen MR) is 69.6 cm³/mol. The first-order valence-electron chi connectivity index (χ1n) is 5.26. The van der Waals surface area contributed by atoms with Crippen molar-refractivity contribution in [2.45, 2.75) is 11.3 Å². The molecule has 0 saturated carbocycles. The van der Waals surface area contributed by atoms with Crippen LogP contribution < -0.4 is 9.64 Å². The Balaban J connectivity index is 2.10. The maximum atomic E-state index is 12.1. The second-order valence-electron chi connectivity index (χ2n) is 3.71. The third-order valence-corrected chi connectivity index (χ3v) is 4.12. The minimum atomic E-state index is -4.63. The monoisotopic (exact) mass is 295 g/mol. The summed E-state index contributed by atoms with van der Waals surface area (Å²) in [5, 5.41) is 0. The van der Waals surface area contributed by atoms with Gasteiger partial charge in [-0.3, -0.25) is 0 Å². The van der Waals surface area contributed by atoms with Gasteiger partial charge in [0.15, 0.2) is 0 Å². The van der Waals surface area contributed by atoms with Crippen LogP contribution in [0.15, 0.2) is 23.1 Å². The van der Waals surface area contributed by atoms with E-state index in [1.165, 1.54) is 23.9 Å². The molecule has 0 fully saturated rings. The van der Waals surface area contributed by atoms with Crippen LogP contribution in [0.5, 0.6) is 5.75 Å². The third-order valence-electron chi connectivity index (χ3n) is 2.45. The van der Waals surface area contributed by atoms with E-state index in [1.54, 1.807) is 17.8 Å². The van der Waals surface area contributed by atoms with E-state index in [0.717, 1.165) is 28.8 Å². The lowest BCUT2D eigenvalue weighted by Gasteiger charge is -2.18. The fraction of sp³-hybridized carbons (Fsp3) is 0.455. The van der Waals surface area contributed by atoms with Crippen LogP contribution in [-0.2, 0) is 0 Å². The molecule has 0 aromatic heterocycles. The van der Waals surface area contributed by atoms with E-state index < -0.39 is 6.36 Å². The number of halogens is 3. The number of rotatable bonds is 4. The number of ether oxygens (including phenoxy) is 1. The van der Waals surface area contributed by atoms with Gasteiger partial charge in [0.2, 0.25) is 0 Å². The number of fused-ring (bicyclic) bond motifs is 1. The number of nitrogens with zero attached hydrogens (tertiary/aromatic N) is 1. The molecule has 1 aromatic carbocycles. The molecule has 1 heterocycles. The van der Waals surface area contributed by atoms with Crippen molar-refractivity contribution < 1.29 is 17.9 Å². The first kappa shape index (κ1) is 13.7. The van der Waals surface area contributed by atoms with Crippen molar-refractivity contribution in [1.29, 1.82) is 0 Å². The Morgan fingerprint density at radius 3 is 2.89 bits per heavy atom. The van der Waals surface area contributed by atoms with Crippen molar-refractivity contribution in [1.82, 2.24) is 0 Å². The number of hydrogen-bond donors (Lipinski definition) is 0. The average molecular weight is 295 g/mol. The Morgan fingerprint density at radius 1 is 1.44 bits per heavy atom. The highest BCUT2D eigenvalue weighted by molar-refractivity contribution is 8.00. The molecular weight excluding hydrogens is 283 g/mol. The van der Waals surface area contributed by atoms with Gasteiger partial charge in [0.25, 0.3) is 0 Å². The summed E-state index contributed by atoms with van der Waals surface area (Å²) in [6.07, 6.45) is -2.60. The Hall–Kier alpha value is -0.690. The minimum absolute atomic E-state index is 0.152. The van der Waals surface area contributed by atoms with Crippen LogP contribution in [0.25, 0.3) is 0 Å². The Morgan fingerprint density at radius 2 is 2.22 bits per heavy atom. The molecule has 0 spiro atoms. The van der Waals surface area contributed by atoms with Gasteiger partial charge in [-0.15, -0.1) is 24.9 Å². The first-order valence-corrected chi connectivity index (χ1v) is 7.64. The SMILES string of the molecule is CSCCN1CSc2cc(OC(F)(F)F)ccc21. The molecule has 18 heavy (non-hydrogen) atoms. The number of alkyl halides is 3. The van der Waals surface area contributed by atoms with Gasteiger partial charge in [-0.2, -0.15) is 11.8 Å². The lowest BCUT2D eigenvalue weighted by atomic mass is 10.3. The van der Waals surface area contributed by atoms with Crippen LogP contribution in [0, 0.1) is 0 Å². The molecule has 0 unspecified atom stereocenters. The predicted octanol–water partition coefficient (Wildman–Crippen LogP) is 3.82. The molecule has 2 nitrogen and oxygen atoms in total. The number of hydrogen-bond acceptors (Lipinski definition) is 4. The zero-order valence-electron chi connectivity index (χ0n) is 9.66. The van der Waals surface area contributed by atoms with Crippen molar-refractivity contribution in [3.05, 3.63) is 18.2 Å². The maximum Gasteiger partial charge on any atom is 0.573 e. The van der Waals surface area contributed by atoms with Gasteiger partial charge in [0.05, 0.1) is 11.6 Å². The standard InChI is InChI=1S/C11H12F3NOS2/c1-17-5-4-15-7-18-10-6-8(2-3-9(10)15)16-11(12,13)14/h2-3,6H,4-5,7H2,1H3. The molecule has 1 aliphatic heterocycles. The topological polar surface area (TPSA) is 12.5 Å². The summed E-state index contributed by atoms with van der Waals surface area (Å²) >= 11 is 3.29. The second kappa shape index (κ2) is 5.52.